The summed E-state index contributed by atoms with van der Waals surface area (Å²) in [7, 11) is 0. The second-order valence-electron chi connectivity index (χ2n) is 34.0. The molecular formula is C114H76N2O. The van der Waals surface area contributed by atoms with Gasteiger partial charge in [-0.3, -0.25) is 0 Å². The Balaban J connectivity index is 0.641. The van der Waals surface area contributed by atoms with Crippen molar-refractivity contribution in [3.05, 3.63) is 455 Å². The fourth-order valence-corrected chi connectivity index (χ4v) is 22.9. The lowest BCUT2D eigenvalue weighted by molar-refractivity contribution is 0.662. The van der Waals surface area contributed by atoms with Crippen molar-refractivity contribution in [2.75, 3.05) is 9.80 Å². The molecule has 3 heteroatoms. The Morgan fingerprint density at radius 3 is 1.10 bits per heavy atom. The second-order valence-corrected chi connectivity index (χ2v) is 34.0. The maximum absolute atomic E-state index is 7.40. The molecule has 6 aliphatic rings. The molecule has 1 atom stereocenters. The maximum Gasteiger partial charge on any atom is 0.137 e. The Labute approximate surface area is 681 Å². The van der Waals surface area contributed by atoms with Crippen LogP contribution in [0.4, 0.5) is 34.1 Å². The molecule has 0 N–H and O–H groups in total. The predicted molar refractivity (Wildman–Crippen MR) is 485 cm³/mol. The van der Waals surface area contributed by atoms with E-state index in [1.165, 1.54) is 172 Å². The van der Waals surface area contributed by atoms with Crippen LogP contribution >= 0.6 is 0 Å². The van der Waals surface area contributed by atoms with Crippen LogP contribution in [-0.2, 0) is 21.7 Å². The van der Waals surface area contributed by atoms with Gasteiger partial charge in [0.2, 0.25) is 0 Å². The van der Waals surface area contributed by atoms with E-state index in [1.807, 2.05) is 0 Å². The highest BCUT2D eigenvalue weighted by Gasteiger charge is 2.54. The van der Waals surface area contributed by atoms with Gasteiger partial charge in [0.05, 0.1) is 16.5 Å². The van der Waals surface area contributed by atoms with E-state index < -0.39 is 10.8 Å². The Hall–Kier alpha value is -14.4. The molecule has 6 aliphatic carbocycles. The largest absolute Gasteiger partial charge is 0.456 e. The first-order valence-electron chi connectivity index (χ1n) is 41.2. The lowest BCUT2D eigenvalue weighted by Gasteiger charge is -2.32. The monoisotopic (exact) mass is 1490 g/mol. The van der Waals surface area contributed by atoms with Crippen LogP contribution in [0.1, 0.15) is 94.5 Å². The van der Waals surface area contributed by atoms with Gasteiger partial charge in [0.1, 0.15) is 11.2 Å². The molecule has 19 aromatic rings. The molecule has 0 amide bonds. The number of rotatable bonds is 9. The predicted octanol–water partition coefficient (Wildman–Crippen LogP) is 30.0. The van der Waals surface area contributed by atoms with E-state index in [1.54, 1.807) is 0 Å². The first-order chi connectivity index (χ1) is 57.5. The molecule has 0 saturated heterocycles. The van der Waals surface area contributed by atoms with Gasteiger partial charge in [-0.05, 0) is 251 Å². The van der Waals surface area contributed by atoms with E-state index in [9.17, 15) is 0 Å². The molecule has 1 unspecified atom stereocenters. The number of hydrogen-bond acceptors (Lipinski definition) is 3. The Kier molecular flexibility index (Phi) is 13.6. The van der Waals surface area contributed by atoms with Crippen molar-refractivity contribution in [2.24, 2.45) is 0 Å². The fraction of sp³-hybridized carbons (Fsp3) is 0.0702. The van der Waals surface area contributed by atoms with E-state index in [0.717, 1.165) is 61.6 Å². The SMILES string of the molecule is CC1(C)c2ccccc2-c2cccc(-c3cccc(N(c4ccc5c(c4)C4(c6ccccc6-c6ccccc64)c4ccccc4-5)c4ccc5c(c4)oc4cc(-c6cccc7c6-c6ccccc6C76c7ccccc7-c7ccc(N(c8cccc(-c9cccc%10c9C(C)(C)c9ccccc9-%10)c8)c8cccc9ccccc89)cc76)ccc45)c3)c21. The van der Waals surface area contributed by atoms with Gasteiger partial charge in [-0.1, -0.05) is 331 Å². The average Bonchev–Trinajstić information content (AvgIpc) is 1.52. The molecule has 25 rings (SSSR count). The van der Waals surface area contributed by atoms with Crippen molar-refractivity contribution in [2.45, 2.75) is 49.4 Å². The molecule has 1 aromatic heterocycles. The fourth-order valence-electron chi connectivity index (χ4n) is 22.9. The Morgan fingerprint density at radius 2 is 0.547 bits per heavy atom. The standard InChI is InChI=1S/C114H76N2O/c1-111(2)95-46-14-7-38-86(95)92-44-24-42-80(109(92)111)70-29-21-31-73(63-70)115(75-56-60-88-84-36-11-18-50-99(84)113(103(88)66-75)97-48-16-9-34-82(97)83-35-10-17-49-98(83)113)77-58-62-91-90-59-55-72(65-106(90)117-107(91)68-77)79-41-26-53-102-108(79)94-40-13-20-52-101(94)114(102)100-51-19-12-37-85(100)89-61-57-76(67-104(89)114)116(105-54-23-28-69-27-5-6-33-78(69)105)74-32-22-30-71(64-74)81-43-25-45-93-87-39-8-15-47-96(87)112(3,4)110(81)93/h5-68H,1-4H3. The number of hydrogen-bond donors (Lipinski definition) is 0. The molecule has 117 heavy (non-hydrogen) atoms. The van der Waals surface area contributed by atoms with E-state index in [-0.39, 0.29) is 10.8 Å². The van der Waals surface area contributed by atoms with Crippen LogP contribution in [0.25, 0.3) is 133 Å². The summed E-state index contributed by atoms with van der Waals surface area (Å²) in [5.41, 5.74) is 44.9. The zero-order chi connectivity index (χ0) is 77.4. The number of fused-ring (bicyclic) bond motifs is 30. The Morgan fingerprint density at radius 1 is 0.205 bits per heavy atom. The zero-order valence-electron chi connectivity index (χ0n) is 65.3. The lowest BCUT2D eigenvalue weighted by Crippen LogP contribution is -2.26. The summed E-state index contributed by atoms with van der Waals surface area (Å²) in [6.07, 6.45) is 0. The molecular weight excluding hydrogens is 1410 g/mol. The molecule has 548 valence electrons. The summed E-state index contributed by atoms with van der Waals surface area (Å²) in [6.45, 7) is 9.57. The lowest BCUT2D eigenvalue weighted by atomic mass is 9.70. The number of nitrogens with zero attached hydrogens (tertiary/aromatic N) is 2. The van der Waals surface area contributed by atoms with Crippen LogP contribution in [0.3, 0.4) is 0 Å². The van der Waals surface area contributed by atoms with Crippen LogP contribution in [0.2, 0.25) is 0 Å². The topological polar surface area (TPSA) is 19.6 Å². The molecule has 0 aliphatic heterocycles. The van der Waals surface area contributed by atoms with Crippen molar-refractivity contribution < 1.29 is 4.42 Å². The van der Waals surface area contributed by atoms with Gasteiger partial charge in [-0.25, -0.2) is 0 Å². The van der Waals surface area contributed by atoms with E-state index in [4.69, 9.17) is 4.42 Å². The molecule has 0 saturated carbocycles. The normalized spacial score (nSPS) is 15.4. The minimum absolute atomic E-state index is 0.186. The van der Waals surface area contributed by atoms with Crippen molar-refractivity contribution in [3.8, 4) is 100 Å². The number of furan rings is 1. The van der Waals surface area contributed by atoms with Crippen LogP contribution in [-0.4, -0.2) is 0 Å². The van der Waals surface area contributed by atoms with Gasteiger partial charge < -0.3 is 14.2 Å². The van der Waals surface area contributed by atoms with Gasteiger partial charge in [-0.15, -0.1) is 0 Å². The van der Waals surface area contributed by atoms with Crippen LogP contribution in [0, 0.1) is 0 Å². The van der Waals surface area contributed by atoms with Gasteiger partial charge >= 0.3 is 0 Å². The molecule has 18 aromatic carbocycles. The first kappa shape index (κ1) is 66.1. The highest BCUT2D eigenvalue weighted by atomic mass is 16.3. The van der Waals surface area contributed by atoms with Crippen molar-refractivity contribution in [1.82, 2.24) is 0 Å². The van der Waals surface area contributed by atoms with E-state index in [0.29, 0.717) is 0 Å². The molecule has 0 fully saturated rings. The summed E-state index contributed by atoms with van der Waals surface area (Å²) in [5.74, 6) is 0. The minimum atomic E-state index is -0.661. The summed E-state index contributed by atoms with van der Waals surface area (Å²) >= 11 is 0. The maximum atomic E-state index is 7.40. The molecule has 0 radical (unpaired) electrons. The molecule has 1 heterocycles. The Bertz CT molecular complexity index is 7500. The molecule has 2 spiro atoms. The highest BCUT2D eigenvalue weighted by molar-refractivity contribution is 6.10. The minimum Gasteiger partial charge on any atom is -0.456 e. The zero-order valence-corrected chi connectivity index (χ0v) is 65.3. The number of benzene rings is 18. The van der Waals surface area contributed by atoms with Crippen molar-refractivity contribution in [3.63, 3.8) is 0 Å². The summed E-state index contributed by atoms with van der Waals surface area (Å²) in [4.78, 5) is 5.00. The van der Waals surface area contributed by atoms with Gasteiger partial charge in [0.25, 0.3) is 0 Å². The molecule has 0 bridgehead atoms. The number of anilines is 6. The summed E-state index contributed by atoms with van der Waals surface area (Å²) < 4.78 is 7.40. The third-order valence-electron chi connectivity index (χ3n) is 27.6. The van der Waals surface area contributed by atoms with Gasteiger partial charge in [-0.2, -0.15) is 0 Å². The third kappa shape index (κ3) is 8.85. The summed E-state index contributed by atoms with van der Waals surface area (Å²) in [5, 5.41) is 4.52. The molecule has 3 nitrogen and oxygen atoms in total. The average molecular weight is 1490 g/mol. The second kappa shape index (κ2) is 24.1. The smallest absolute Gasteiger partial charge is 0.137 e. The summed E-state index contributed by atoms with van der Waals surface area (Å²) in [6, 6.07) is 147. The highest BCUT2D eigenvalue weighted by Crippen LogP contribution is 2.67. The van der Waals surface area contributed by atoms with Crippen LogP contribution < -0.4 is 9.80 Å². The van der Waals surface area contributed by atoms with Gasteiger partial charge in [0.15, 0.2) is 0 Å². The first-order valence-corrected chi connectivity index (χ1v) is 41.2. The van der Waals surface area contributed by atoms with Gasteiger partial charge in [0, 0.05) is 61.5 Å². The quantitative estimate of drug-likeness (QED) is 0.144. The third-order valence-corrected chi connectivity index (χ3v) is 27.6. The van der Waals surface area contributed by atoms with Crippen molar-refractivity contribution in [1.29, 1.82) is 0 Å². The van der Waals surface area contributed by atoms with Crippen LogP contribution in [0.5, 0.6) is 0 Å². The van der Waals surface area contributed by atoms with Crippen molar-refractivity contribution >= 4 is 66.8 Å². The van der Waals surface area contributed by atoms with E-state index in [2.05, 4.69) is 426 Å². The van der Waals surface area contributed by atoms with E-state index >= 15 is 0 Å². The van der Waals surface area contributed by atoms with Crippen LogP contribution in [0.15, 0.2) is 393 Å².